The summed E-state index contributed by atoms with van der Waals surface area (Å²) in [6.07, 6.45) is 5.40. The molecule has 0 aliphatic carbocycles. The quantitative estimate of drug-likeness (QED) is 0.681. The summed E-state index contributed by atoms with van der Waals surface area (Å²) in [4.78, 5) is 12.6. The number of carbonyl (C=O) groups is 1. The molecule has 0 spiro atoms. The number of benzene rings is 2. The van der Waals surface area contributed by atoms with Crippen molar-refractivity contribution in [3.05, 3.63) is 81.9 Å². The van der Waals surface area contributed by atoms with Crippen molar-refractivity contribution in [3.63, 3.8) is 0 Å². The Morgan fingerprint density at radius 3 is 2.62 bits per heavy atom. The van der Waals surface area contributed by atoms with E-state index in [1.165, 1.54) is 5.01 Å². The Bertz CT molecular complexity index is 884. The molecule has 0 fully saturated rings. The van der Waals surface area contributed by atoms with Crippen LogP contribution in [-0.4, -0.2) is 11.6 Å². The molecule has 0 radical (unpaired) electrons. The molecule has 1 amide bonds. The average molecular weight is 357 g/mol. The molecule has 1 aliphatic rings. The van der Waals surface area contributed by atoms with Gasteiger partial charge in [-0.15, -0.1) is 0 Å². The maximum atomic E-state index is 12.6. The number of allylic oxidation sites excluding steroid dienone is 2. The highest BCUT2D eigenvalue weighted by atomic mass is 35.5. The third-order valence-corrected chi connectivity index (χ3v) is 4.14. The van der Waals surface area contributed by atoms with Gasteiger partial charge in [0.15, 0.2) is 0 Å². The van der Waals surface area contributed by atoms with E-state index >= 15 is 0 Å². The number of hydrogen-bond donors (Lipinski definition) is 0. The van der Waals surface area contributed by atoms with Gasteiger partial charge in [-0.05, 0) is 42.8 Å². The van der Waals surface area contributed by atoms with Crippen LogP contribution in [-0.2, 0) is 4.79 Å². The maximum Gasteiger partial charge on any atom is 0.280 e. The summed E-state index contributed by atoms with van der Waals surface area (Å²) in [7, 11) is 0. The van der Waals surface area contributed by atoms with E-state index in [1.807, 2.05) is 30.3 Å². The summed E-state index contributed by atoms with van der Waals surface area (Å²) in [6, 6.07) is 14.6. The predicted molar refractivity (Wildman–Crippen MR) is 101 cm³/mol. The van der Waals surface area contributed by atoms with Crippen molar-refractivity contribution in [3.8, 4) is 0 Å². The molecule has 2 aromatic carbocycles. The topological polar surface area (TPSA) is 32.7 Å². The number of hydrazone groups is 1. The summed E-state index contributed by atoms with van der Waals surface area (Å²) in [5.74, 6) is -0.182. The van der Waals surface area contributed by atoms with Crippen molar-refractivity contribution in [2.24, 2.45) is 5.10 Å². The normalized spacial score (nSPS) is 16.3. The molecular weight excluding hydrogens is 343 g/mol. The van der Waals surface area contributed by atoms with Gasteiger partial charge >= 0.3 is 0 Å². The number of anilines is 1. The van der Waals surface area contributed by atoms with Gasteiger partial charge in [0, 0.05) is 10.0 Å². The van der Waals surface area contributed by atoms with E-state index in [0.29, 0.717) is 27.0 Å². The molecule has 0 atom stereocenters. The van der Waals surface area contributed by atoms with Crippen molar-refractivity contribution in [2.45, 2.75) is 6.92 Å². The van der Waals surface area contributed by atoms with Crippen LogP contribution in [0.5, 0.6) is 0 Å². The third-order valence-electron chi connectivity index (χ3n) is 3.56. The van der Waals surface area contributed by atoms with E-state index in [9.17, 15) is 4.79 Å². The summed E-state index contributed by atoms with van der Waals surface area (Å²) < 4.78 is 0. The van der Waals surface area contributed by atoms with E-state index in [0.717, 1.165) is 5.56 Å². The number of amides is 1. The number of hydrogen-bond acceptors (Lipinski definition) is 2. The van der Waals surface area contributed by atoms with E-state index in [2.05, 4.69) is 5.10 Å². The van der Waals surface area contributed by atoms with E-state index in [-0.39, 0.29) is 5.91 Å². The van der Waals surface area contributed by atoms with Crippen molar-refractivity contribution < 1.29 is 4.79 Å². The third kappa shape index (κ3) is 3.42. The van der Waals surface area contributed by atoms with Crippen molar-refractivity contribution in [1.29, 1.82) is 0 Å². The van der Waals surface area contributed by atoms with Crippen LogP contribution in [0.25, 0.3) is 6.08 Å². The molecule has 2 aromatic rings. The van der Waals surface area contributed by atoms with Crippen LogP contribution in [0.3, 0.4) is 0 Å². The van der Waals surface area contributed by atoms with Gasteiger partial charge in [0.05, 0.1) is 17.0 Å². The molecule has 5 heteroatoms. The van der Waals surface area contributed by atoms with Crippen molar-refractivity contribution in [2.75, 3.05) is 5.01 Å². The fourth-order valence-corrected chi connectivity index (χ4v) is 2.73. The van der Waals surface area contributed by atoms with Crippen molar-refractivity contribution >= 4 is 46.6 Å². The first-order valence-electron chi connectivity index (χ1n) is 7.35. The Balaban J connectivity index is 1.84. The van der Waals surface area contributed by atoms with Crippen molar-refractivity contribution in [1.82, 2.24) is 0 Å². The van der Waals surface area contributed by atoms with Gasteiger partial charge in [-0.2, -0.15) is 10.1 Å². The number of nitrogens with zero attached hydrogens (tertiary/aromatic N) is 2. The maximum absolute atomic E-state index is 12.6. The largest absolute Gasteiger partial charge is 0.280 e. The number of rotatable bonds is 3. The second kappa shape index (κ2) is 7.04. The molecule has 3 nitrogen and oxygen atoms in total. The van der Waals surface area contributed by atoms with Crippen LogP contribution in [0.1, 0.15) is 12.5 Å². The van der Waals surface area contributed by atoms with Gasteiger partial charge in [-0.25, -0.2) is 0 Å². The lowest BCUT2D eigenvalue weighted by Gasteiger charge is -2.11. The molecule has 3 rings (SSSR count). The fraction of sp³-hybridized carbons (Fsp3) is 0.0526. The predicted octanol–water partition coefficient (Wildman–Crippen LogP) is 5.36. The lowest BCUT2D eigenvalue weighted by Crippen LogP contribution is -2.21. The summed E-state index contributed by atoms with van der Waals surface area (Å²) in [5.41, 5.74) is 2.73. The Kier molecular flexibility index (Phi) is 4.84. The molecule has 1 aliphatic heterocycles. The fourth-order valence-electron chi connectivity index (χ4n) is 2.35. The van der Waals surface area contributed by atoms with Gasteiger partial charge in [-0.1, -0.05) is 59.6 Å². The summed E-state index contributed by atoms with van der Waals surface area (Å²) >= 11 is 12.1. The van der Waals surface area contributed by atoms with E-state index in [1.54, 1.807) is 43.3 Å². The second-order valence-electron chi connectivity index (χ2n) is 5.24. The van der Waals surface area contributed by atoms with Gasteiger partial charge in [-0.3, -0.25) is 4.79 Å². The van der Waals surface area contributed by atoms with Crippen LogP contribution in [0.15, 0.2) is 71.4 Å². The first-order valence-corrected chi connectivity index (χ1v) is 8.10. The highest BCUT2D eigenvalue weighted by molar-refractivity contribution is 6.32. The Morgan fingerprint density at radius 2 is 1.88 bits per heavy atom. The Hall–Kier alpha value is -2.36. The zero-order valence-corrected chi connectivity index (χ0v) is 14.4. The lowest BCUT2D eigenvalue weighted by atomic mass is 10.1. The molecular formula is C19H14Cl2N2O. The second-order valence-corrected chi connectivity index (χ2v) is 6.09. The SMILES string of the molecule is CC1=NN(c2cccc(Cl)c2)C(=O)/C1=C\C=C\c1ccccc1Cl. The summed E-state index contributed by atoms with van der Waals surface area (Å²) in [5, 5.41) is 6.90. The van der Waals surface area contributed by atoms with Crippen LogP contribution in [0.4, 0.5) is 5.69 Å². The minimum atomic E-state index is -0.182. The monoisotopic (exact) mass is 356 g/mol. The van der Waals surface area contributed by atoms with Crippen LogP contribution in [0.2, 0.25) is 10.0 Å². The molecule has 0 N–H and O–H groups in total. The van der Waals surface area contributed by atoms with Crippen LogP contribution in [0, 0.1) is 0 Å². The standard InChI is InChI=1S/C19H14Cl2N2O/c1-13-17(10-4-7-14-6-2-3-11-18(14)21)19(24)23(22-13)16-9-5-8-15(20)12-16/h2-12H,1H3/b7-4+,17-10-. The molecule has 0 aromatic heterocycles. The first kappa shape index (κ1) is 16.5. The van der Waals surface area contributed by atoms with Crippen LogP contribution < -0.4 is 5.01 Å². The average Bonchev–Trinajstić information content (AvgIpc) is 2.84. The highest BCUT2D eigenvalue weighted by Gasteiger charge is 2.28. The molecule has 1 heterocycles. The van der Waals surface area contributed by atoms with E-state index < -0.39 is 0 Å². The Labute approximate surface area is 150 Å². The lowest BCUT2D eigenvalue weighted by molar-refractivity contribution is -0.114. The minimum absolute atomic E-state index is 0.182. The molecule has 0 unspecified atom stereocenters. The number of halogens is 2. The smallest absolute Gasteiger partial charge is 0.267 e. The zero-order chi connectivity index (χ0) is 17.1. The highest BCUT2D eigenvalue weighted by Crippen LogP contribution is 2.26. The van der Waals surface area contributed by atoms with E-state index in [4.69, 9.17) is 23.2 Å². The minimum Gasteiger partial charge on any atom is -0.267 e. The first-order chi connectivity index (χ1) is 11.6. The zero-order valence-electron chi connectivity index (χ0n) is 12.9. The van der Waals surface area contributed by atoms with Crippen LogP contribution >= 0.6 is 23.2 Å². The molecule has 0 saturated heterocycles. The summed E-state index contributed by atoms with van der Waals surface area (Å²) in [6.45, 7) is 1.80. The Morgan fingerprint density at radius 1 is 1.08 bits per heavy atom. The molecule has 24 heavy (non-hydrogen) atoms. The van der Waals surface area contributed by atoms with Gasteiger partial charge in [0.1, 0.15) is 0 Å². The van der Waals surface area contributed by atoms with Gasteiger partial charge in [0.25, 0.3) is 5.91 Å². The molecule has 0 bridgehead atoms. The van der Waals surface area contributed by atoms with Gasteiger partial charge < -0.3 is 0 Å². The van der Waals surface area contributed by atoms with Gasteiger partial charge in [0.2, 0.25) is 0 Å². The molecule has 0 saturated carbocycles. The molecule has 120 valence electrons. The number of carbonyl (C=O) groups excluding carboxylic acids is 1.